The predicted molar refractivity (Wildman–Crippen MR) is 139 cm³/mol. The summed E-state index contributed by atoms with van der Waals surface area (Å²) in [6, 6.07) is 0. The van der Waals surface area contributed by atoms with Crippen molar-refractivity contribution in [2.45, 2.75) is 119 Å². The summed E-state index contributed by atoms with van der Waals surface area (Å²) in [4.78, 5) is 0. The van der Waals surface area contributed by atoms with Gasteiger partial charge in [0.1, 0.15) is 0 Å². The topological polar surface area (TPSA) is 40.5 Å². The maximum Gasteiger partial charge on any atom is 0.0594 e. The van der Waals surface area contributed by atoms with E-state index in [-0.39, 0.29) is 27.8 Å². The fourth-order valence-electron chi connectivity index (χ4n) is 9.55. The van der Waals surface area contributed by atoms with Gasteiger partial charge in [-0.3, -0.25) is 0 Å². The average Bonchev–Trinajstić information content (AvgIpc) is 3.03. The lowest BCUT2D eigenvalue weighted by Crippen LogP contribution is -2.55. The summed E-state index contributed by atoms with van der Waals surface area (Å²) in [7, 11) is 0. The van der Waals surface area contributed by atoms with Crippen LogP contribution in [0.3, 0.4) is 0 Å². The highest BCUT2D eigenvalue weighted by atomic mass is 16.3. The third kappa shape index (κ3) is 3.64. The van der Waals surface area contributed by atoms with Gasteiger partial charge in [-0.25, -0.2) is 0 Å². The molecule has 0 aromatic rings. The first-order valence-corrected chi connectivity index (χ1v) is 14.0. The van der Waals surface area contributed by atoms with Crippen molar-refractivity contribution in [1.82, 2.24) is 0 Å². The van der Waals surface area contributed by atoms with E-state index in [0.717, 1.165) is 25.7 Å². The predicted octanol–water partition coefficient (Wildman–Crippen LogP) is 7.70. The fraction of sp³-hybridized carbons (Fsp3) is 0.871. The molecule has 0 aromatic carbocycles. The minimum Gasteiger partial charge on any atom is -0.396 e. The summed E-state index contributed by atoms with van der Waals surface area (Å²) in [5.41, 5.74) is 5.73. The number of rotatable bonds is 6. The number of allylic oxidation sites excluding steroid dienone is 3. The van der Waals surface area contributed by atoms with E-state index in [9.17, 15) is 10.2 Å². The van der Waals surface area contributed by atoms with Crippen LogP contribution in [0.1, 0.15) is 113 Å². The summed E-state index contributed by atoms with van der Waals surface area (Å²) in [5, 5.41) is 21.3. The van der Waals surface area contributed by atoms with Gasteiger partial charge in [-0.15, -0.1) is 0 Å². The molecule has 3 unspecified atom stereocenters. The molecule has 0 aliphatic heterocycles. The third-order valence-corrected chi connectivity index (χ3v) is 12.3. The highest BCUT2D eigenvalue weighted by Gasteiger charge is 2.63. The Kier molecular flexibility index (Phi) is 6.57. The standard InChI is InChI=1S/C31H52O2/c1-20(2)21(3)9-10-22(19-32)23-13-17-31(8)25-11-12-26-28(4,5)27(33)15-16-29(26,6)24(25)14-18-30(23,31)7/h20,22-23,26-27,32-33H,3,9-19H2,1-2,4-8H3/t22?,23-,26?,27+,29-,30-,31?/m1/s1. The zero-order valence-corrected chi connectivity index (χ0v) is 22.8. The molecule has 0 spiro atoms. The van der Waals surface area contributed by atoms with Gasteiger partial charge in [-0.05, 0) is 110 Å². The van der Waals surface area contributed by atoms with Crippen molar-refractivity contribution in [3.8, 4) is 0 Å². The van der Waals surface area contributed by atoms with Crippen molar-refractivity contribution < 1.29 is 10.2 Å². The molecule has 0 aromatic heterocycles. The van der Waals surface area contributed by atoms with Crippen molar-refractivity contribution in [3.63, 3.8) is 0 Å². The molecule has 0 bridgehead atoms. The van der Waals surface area contributed by atoms with Crippen LogP contribution in [0.15, 0.2) is 23.3 Å². The number of hydrogen-bond acceptors (Lipinski definition) is 2. The van der Waals surface area contributed by atoms with E-state index in [2.05, 4.69) is 55.0 Å². The number of aliphatic hydroxyl groups is 2. The van der Waals surface area contributed by atoms with Crippen molar-refractivity contribution in [1.29, 1.82) is 0 Å². The van der Waals surface area contributed by atoms with Gasteiger partial charge < -0.3 is 10.2 Å². The van der Waals surface area contributed by atoms with Gasteiger partial charge in [0.2, 0.25) is 0 Å². The van der Waals surface area contributed by atoms with Crippen molar-refractivity contribution in [2.75, 3.05) is 6.61 Å². The van der Waals surface area contributed by atoms with Gasteiger partial charge in [0.25, 0.3) is 0 Å². The van der Waals surface area contributed by atoms with Crippen molar-refractivity contribution >= 4 is 0 Å². The Morgan fingerprint density at radius 3 is 2.30 bits per heavy atom. The molecule has 33 heavy (non-hydrogen) atoms. The van der Waals surface area contributed by atoms with Crippen LogP contribution in [-0.2, 0) is 0 Å². The molecule has 0 heterocycles. The van der Waals surface area contributed by atoms with E-state index in [1.165, 1.54) is 44.1 Å². The SMILES string of the molecule is C=C(CCC(CO)[C@H]1CCC2(C)C3=C(CC[C@]12C)[C@@]1(C)CC[C@H](O)C(C)(C)C1CC3)C(C)C. The molecule has 4 aliphatic carbocycles. The molecule has 0 radical (unpaired) electrons. The van der Waals surface area contributed by atoms with E-state index in [1.807, 2.05) is 0 Å². The van der Waals surface area contributed by atoms with Crippen LogP contribution >= 0.6 is 0 Å². The third-order valence-electron chi connectivity index (χ3n) is 12.3. The minimum absolute atomic E-state index is 0.00614. The van der Waals surface area contributed by atoms with Crippen LogP contribution in [-0.4, -0.2) is 22.9 Å². The Hall–Kier alpha value is -0.600. The first-order chi connectivity index (χ1) is 15.3. The quantitative estimate of drug-likeness (QED) is 0.402. The lowest BCUT2D eigenvalue weighted by Gasteiger charge is -2.62. The smallest absolute Gasteiger partial charge is 0.0594 e. The molecule has 2 nitrogen and oxygen atoms in total. The maximum absolute atomic E-state index is 10.8. The van der Waals surface area contributed by atoms with Crippen molar-refractivity contribution in [2.24, 2.45) is 45.3 Å². The maximum atomic E-state index is 10.8. The van der Waals surface area contributed by atoms with Crippen LogP contribution in [0, 0.1) is 45.3 Å². The highest BCUT2D eigenvalue weighted by molar-refractivity contribution is 5.38. The molecule has 4 aliphatic rings. The van der Waals surface area contributed by atoms with Gasteiger partial charge >= 0.3 is 0 Å². The Labute approximate surface area is 204 Å². The number of aliphatic hydroxyl groups excluding tert-OH is 2. The van der Waals surface area contributed by atoms with E-state index >= 15 is 0 Å². The molecular weight excluding hydrogens is 404 g/mol. The van der Waals surface area contributed by atoms with Crippen LogP contribution in [0.5, 0.6) is 0 Å². The first-order valence-electron chi connectivity index (χ1n) is 14.0. The molecular formula is C31H52O2. The van der Waals surface area contributed by atoms with Gasteiger partial charge in [-0.1, -0.05) is 71.8 Å². The van der Waals surface area contributed by atoms with E-state index in [1.54, 1.807) is 11.1 Å². The Balaban J connectivity index is 1.64. The monoisotopic (exact) mass is 456 g/mol. The largest absolute Gasteiger partial charge is 0.396 e. The second-order valence-corrected chi connectivity index (χ2v) is 14.0. The van der Waals surface area contributed by atoms with Crippen LogP contribution < -0.4 is 0 Å². The zero-order chi connectivity index (χ0) is 24.4. The summed E-state index contributed by atoms with van der Waals surface area (Å²) in [6.07, 6.45) is 11.5. The molecule has 0 amide bonds. The van der Waals surface area contributed by atoms with Crippen LogP contribution in [0.4, 0.5) is 0 Å². The van der Waals surface area contributed by atoms with E-state index in [0.29, 0.717) is 30.3 Å². The average molecular weight is 457 g/mol. The van der Waals surface area contributed by atoms with Gasteiger partial charge in [0, 0.05) is 6.61 Å². The molecule has 2 fully saturated rings. The molecule has 188 valence electrons. The second-order valence-electron chi connectivity index (χ2n) is 14.0. The van der Waals surface area contributed by atoms with E-state index < -0.39 is 0 Å². The highest BCUT2D eigenvalue weighted by Crippen LogP contribution is 2.72. The summed E-state index contributed by atoms with van der Waals surface area (Å²) < 4.78 is 0. The summed E-state index contributed by atoms with van der Waals surface area (Å²) in [6.45, 7) is 21.5. The Morgan fingerprint density at radius 1 is 0.970 bits per heavy atom. The number of fused-ring (bicyclic) bond motifs is 4. The first kappa shape index (κ1) is 25.5. The summed E-state index contributed by atoms with van der Waals surface area (Å²) >= 11 is 0. The van der Waals surface area contributed by atoms with Crippen molar-refractivity contribution in [3.05, 3.63) is 23.3 Å². The fourth-order valence-corrected chi connectivity index (χ4v) is 9.55. The van der Waals surface area contributed by atoms with Crippen LogP contribution in [0.25, 0.3) is 0 Å². The Morgan fingerprint density at radius 2 is 1.67 bits per heavy atom. The molecule has 2 heteroatoms. The Bertz CT molecular complexity index is 806. The lowest BCUT2D eigenvalue weighted by molar-refractivity contribution is -0.0966. The number of hydrogen-bond donors (Lipinski definition) is 2. The summed E-state index contributed by atoms with van der Waals surface area (Å²) in [5.74, 6) is 2.12. The molecule has 2 saturated carbocycles. The van der Waals surface area contributed by atoms with Crippen LogP contribution in [0.2, 0.25) is 0 Å². The minimum atomic E-state index is -0.163. The molecule has 0 saturated heterocycles. The zero-order valence-electron chi connectivity index (χ0n) is 22.8. The second kappa shape index (κ2) is 8.51. The van der Waals surface area contributed by atoms with E-state index in [4.69, 9.17) is 0 Å². The van der Waals surface area contributed by atoms with Gasteiger partial charge in [-0.2, -0.15) is 0 Å². The molecule has 7 atom stereocenters. The normalized spacial score (nSPS) is 43.2. The van der Waals surface area contributed by atoms with Gasteiger partial charge in [0.05, 0.1) is 6.10 Å². The van der Waals surface area contributed by atoms with Gasteiger partial charge in [0.15, 0.2) is 0 Å². The molecule has 4 rings (SSSR count). The molecule has 2 N–H and O–H groups in total. The lowest BCUT2D eigenvalue weighted by atomic mass is 9.43.